The zero-order chi connectivity index (χ0) is 21.5. The molecule has 156 valence electrons. The van der Waals surface area contributed by atoms with Crippen molar-refractivity contribution in [1.82, 2.24) is 9.78 Å². The van der Waals surface area contributed by atoms with Gasteiger partial charge in [-0.25, -0.2) is 8.42 Å². The highest BCUT2D eigenvalue weighted by atomic mass is 35.5. The molecule has 0 saturated carbocycles. The van der Waals surface area contributed by atoms with Crippen molar-refractivity contribution in [3.8, 4) is 11.3 Å². The van der Waals surface area contributed by atoms with Crippen molar-refractivity contribution in [3.63, 3.8) is 0 Å². The van der Waals surface area contributed by atoms with Crippen molar-refractivity contribution in [3.05, 3.63) is 70.4 Å². The van der Waals surface area contributed by atoms with Gasteiger partial charge in [-0.1, -0.05) is 47.5 Å². The van der Waals surface area contributed by atoms with Crippen LogP contribution in [0.5, 0.6) is 0 Å². The van der Waals surface area contributed by atoms with Crippen molar-refractivity contribution in [2.45, 2.75) is 26.3 Å². The van der Waals surface area contributed by atoms with Gasteiger partial charge >= 0.3 is 0 Å². The Kier molecular flexibility index (Phi) is 5.42. The van der Waals surface area contributed by atoms with Gasteiger partial charge in [-0.15, -0.1) is 0 Å². The number of amides is 1. The molecule has 4 rings (SSSR count). The SMILES string of the molecule is Cc1ccc(-c2cc(C(=O)Nc3ccc(C)c(Cl)c3)nn2[C@H]2CCS(=O)(=O)C2)cc1. The molecule has 0 bridgehead atoms. The monoisotopic (exact) mass is 443 g/mol. The van der Waals surface area contributed by atoms with Crippen LogP contribution in [0.25, 0.3) is 11.3 Å². The first-order valence-corrected chi connectivity index (χ1v) is 11.9. The largest absolute Gasteiger partial charge is 0.321 e. The summed E-state index contributed by atoms with van der Waals surface area (Å²) in [5.41, 5.74) is 4.45. The highest BCUT2D eigenvalue weighted by Crippen LogP contribution is 2.30. The van der Waals surface area contributed by atoms with Crippen molar-refractivity contribution >= 4 is 33.0 Å². The van der Waals surface area contributed by atoms with Crippen LogP contribution in [0.15, 0.2) is 48.5 Å². The average Bonchev–Trinajstić information content (AvgIpc) is 3.29. The van der Waals surface area contributed by atoms with Gasteiger partial charge in [-0.05, 0) is 49.6 Å². The summed E-state index contributed by atoms with van der Waals surface area (Å²) in [6.45, 7) is 3.88. The smallest absolute Gasteiger partial charge is 0.276 e. The molecule has 2 aromatic carbocycles. The van der Waals surface area contributed by atoms with Crippen LogP contribution in [-0.4, -0.2) is 35.6 Å². The average molecular weight is 444 g/mol. The van der Waals surface area contributed by atoms with Crippen LogP contribution in [0, 0.1) is 13.8 Å². The summed E-state index contributed by atoms with van der Waals surface area (Å²) in [5, 5.41) is 7.88. The lowest BCUT2D eigenvalue weighted by Crippen LogP contribution is -2.16. The number of carbonyl (C=O) groups excluding carboxylic acids is 1. The standard InChI is InChI=1S/C22H22ClN3O3S/c1-14-3-6-16(7-4-14)21-12-20(25-26(21)18-9-10-30(28,29)13-18)22(27)24-17-8-5-15(2)19(23)11-17/h3-8,11-12,18H,9-10,13H2,1-2H3,(H,24,27)/t18-/m0/s1. The molecular formula is C22H22ClN3O3S. The number of anilines is 1. The van der Waals surface area contributed by atoms with E-state index in [4.69, 9.17) is 11.6 Å². The number of halogens is 1. The van der Waals surface area contributed by atoms with Gasteiger partial charge < -0.3 is 5.32 Å². The Balaban J connectivity index is 1.70. The fourth-order valence-electron chi connectivity index (χ4n) is 3.56. The van der Waals surface area contributed by atoms with Gasteiger partial charge in [0.1, 0.15) is 0 Å². The first-order valence-electron chi connectivity index (χ1n) is 9.66. The van der Waals surface area contributed by atoms with Gasteiger partial charge in [0.05, 0.1) is 23.2 Å². The lowest BCUT2D eigenvalue weighted by atomic mass is 10.1. The van der Waals surface area contributed by atoms with Gasteiger partial charge in [0.15, 0.2) is 15.5 Å². The van der Waals surface area contributed by atoms with Crippen molar-refractivity contribution in [2.75, 3.05) is 16.8 Å². The quantitative estimate of drug-likeness (QED) is 0.646. The van der Waals surface area contributed by atoms with Gasteiger partial charge in [0.25, 0.3) is 5.91 Å². The predicted molar refractivity (Wildman–Crippen MR) is 119 cm³/mol. The van der Waals surface area contributed by atoms with Crippen LogP contribution in [0.4, 0.5) is 5.69 Å². The van der Waals surface area contributed by atoms with Gasteiger partial charge in [0.2, 0.25) is 0 Å². The Morgan fingerprint density at radius 1 is 1.13 bits per heavy atom. The van der Waals surface area contributed by atoms with Crippen LogP contribution >= 0.6 is 11.6 Å². The highest BCUT2D eigenvalue weighted by Gasteiger charge is 2.32. The third kappa shape index (κ3) is 4.27. The van der Waals surface area contributed by atoms with Gasteiger partial charge in [-0.3, -0.25) is 9.48 Å². The van der Waals surface area contributed by atoms with E-state index < -0.39 is 9.84 Å². The van der Waals surface area contributed by atoms with Crippen LogP contribution in [0.2, 0.25) is 5.02 Å². The third-order valence-electron chi connectivity index (χ3n) is 5.30. The van der Waals surface area contributed by atoms with E-state index in [-0.39, 0.29) is 29.1 Å². The number of nitrogens with one attached hydrogen (secondary N) is 1. The molecule has 1 aromatic heterocycles. The summed E-state index contributed by atoms with van der Waals surface area (Å²) in [7, 11) is -3.09. The van der Waals surface area contributed by atoms with Crippen molar-refractivity contribution < 1.29 is 13.2 Å². The Bertz CT molecular complexity index is 1220. The maximum Gasteiger partial charge on any atom is 0.276 e. The van der Waals surface area contributed by atoms with Crippen molar-refractivity contribution in [1.29, 1.82) is 0 Å². The number of benzene rings is 2. The number of aryl methyl sites for hydroxylation is 2. The molecular weight excluding hydrogens is 422 g/mol. The zero-order valence-electron chi connectivity index (χ0n) is 16.7. The maximum atomic E-state index is 12.9. The topological polar surface area (TPSA) is 81.1 Å². The molecule has 30 heavy (non-hydrogen) atoms. The van der Waals surface area contributed by atoms with Crippen LogP contribution in [0.3, 0.4) is 0 Å². The molecule has 1 fully saturated rings. The number of rotatable bonds is 4. The Morgan fingerprint density at radius 3 is 2.50 bits per heavy atom. The summed E-state index contributed by atoms with van der Waals surface area (Å²) >= 11 is 6.15. The molecule has 2 heterocycles. The molecule has 1 saturated heterocycles. The second-order valence-corrected chi connectivity index (χ2v) is 10.3. The fourth-order valence-corrected chi connectivity index (χ4v) is 5.43. The number of carbonyl (C=O) groups is 1. The van der Waals surface area contributed by atoms with Crippen molar-refractivity contribution in [2.24, 2.45) is 0 Å². The molecule has 1 amide bonds. The van der Waals surface area contributed by atoms with E-state index in [1.54, 1.807) is 22.9 Å². The molecule has 8 heteroatoms. The van der Waals surface area contributed by atoms with E-state index in [0.29, 0.717) is 17.1 Å². The summed E-state index contributed by atoms with van der Waals surface area (Å²) < 4.78 is 25.7. The van der Waals surface area contributed by atoms with E-state index in [9.17, 15) is 13.2 Å². The normalized spacial score (nSPS) is 17.8. The van der Waals surface area contributed by atoms with E-state index in [0.717, 1.165) is 22.4 Å². The van der Waals surface area contributed by atoms with Gasteiger partial charge in [-0.2, -0.15) is 5.10 Å². The van der Waals surface area contributed by atoms with Crippen LogP contribution in [0.1, 0.15) is 34.1 Å². The Hall–Kier alpha value is -2.64. The van der Waals surface area contributed by atoms with Crippen LogP contribution in [-0.2, 0) is 9.84 Å². The summed E-state index contributed by atoms with van der Waals surface area (Å²) in [6.07, 6.45) is 0.484. The Labute approximate surface area is 180 Å². The van der Waals surface area contributed by atoms with Crippen LogP contribution < -0.4 is 5.32 Å². The highest BCUT2D eigenvalue weighted by molar-refractivity contribution is 7.91. The summed E-state index contributed by atoms with van der Waals surface area (Å²) in [4.78, 5) is 12.9. The predicted octanol–water partition coefficient (Wildman–Crippen LogP) is 4.43. The molecule has 0 spiro atoms. The second-order valence-electron chi connectivity index (χ2n) is 7.70. The van der Waals surface area contributed by atoms with E-state index >= 15 is 0 Å². The first-order chi connectivity index (χ1) is 14.2. The molecule has 0 unspecified atom stereocenters. The van der Waals surface area contributed by atoms with Gasteiger partial charge in [0, 0.05) is 10.7 Å². The number of nitrogens with zero attached hydrogens (tertiary/aromatic N) is 2. The minimum absolute atomic E-state index is 0.0299. The molecule has 0 radical (unpaired) electrons. The number of aromatic nitrogens is 2. The number of sulfone groups is 1. The second kappa shape index (κ2) is 7.89. The molecule has 1 aliphatic heterocycles. The number of hydrogen-bond donors (Lipinski definition) is 1. The van der Waals surface area contributed by atoms with E-state index in [1.807, 2.05) is 44.2 Å². The lowest BCUT2D eigenvalue weighted by molar-refractivity contribution is 0.102. The molecule has 3 aromatic rings. The summed E-state index contributed by atoms with van der Waals surface area (Å²) in [5.74, 6) is -0.209. The third-order valence-corrected chi connectivity index (χ3v) is 7.46. The molecule has 1 aliphatic rings. The fraction of sp³-hybridized carbons (Fsp3) is 0.273. The molecule has 6 nitrogen and oxygen atoms in total. The maximum absolute atomic E-state index is 12.9. The minimum atomic E-state index is -3.09. The molecule has 1 N–H and O–H groups in total. The van der Waals surface area contributed by atoms with E-state index in [1.165, 1.54) is 0 Å². The first kappa shape index (κ1) is 20.6. The van der Waals surface area contributed by atoms with E-state index in [2.05, 4.69) is 10.4 Å². The lowest BCUT2D eigenvalue weighted by Gasteiger charge is -2.13. The zero-order valence-corrected chi connectivity index (χ0v) is 18.3. The number of hydrogen-bond acceptors (Lipinski definition) is 4. The molecule has 1 atom stereocenters. The Morgan fingerprint density at radius 2 is 1.87 bits per heavy atom. The molecule has 0 aliphatic carbocycles. The summed E-state index contributed by atoms with van der Waals surface area (Å²) in [6, 6.07) is 14.6. The minimum Gasteiger partial charge on any atom is -0.321 e.